The smallest absolute Gasteiger partial charge is 0.0455 e. The highest BCUT2D eigenvalue weighted by atomic mass is 14.7. The van der Waals surface area contributed by atoms with Gasteiger partial charge in [-0.3, -0.25) is 4.98 Å². The van der Waals surface area contributed by atoms with Crippen molar-refractivity contribution in [2.45, 2.75) is 79.6 Å². The zero-order valence-corrected chi connectivity index (χ0v) is 24.5. The third-order valence-corrected chi connectivity index (χ3v) is 6.89. The Bertz CT molecular complexity index is 1410. The molecule has 0 bridgehead atoms. The summed E-state index contributed by atoms with van der Waals surface area (Å²) < 4.78 is 0. The Morgan fingerprint density at radius 2 is 1.87 bits per heavy atom. The first-order valence-corrected chi connectivity index (χ1v) is 13.9. The zero-order valence-electron chi connectivity index (χ0n) is 24.5. The number of aryl methyl sites for hydroxylation is 3. The maximum Gasteiger partial charge on any atom is 0.0455 e. The van der Waals surface area contributed by atoms with Crippen LogP contribution in [0.25, 0.3) is 18.2 Å². The summed E-state index contributed by atoms with van der Waals surface area (Å²) in [6.45, 7) is 22.8. The van der Waals surface area contributed by atoms with Crippen LogP contribution in [-0.4, -0.2) is 4.98 Å². The number of rotatable bonds is 5. The molecule has 1 unspecified atom stereocenters. The molecule has 4 rings (SSSR count). The minimum absolute atomic E-state index is 0.374. The van der Waals surface area contributed by atoms with Gasteiger partial charge in [-0.25, -0.2) is 0 Å². The van der Waals surface area contributed by atoms with Crippen molar-refractivity contribution in [3.8, 4) is 11.8 Å². The third-order valence-electron chi connectivity index (χ3n) is 6.89. The predicted molar refractivity (Wildman–Crippen MR) is 169 cm³/mol. The van der Waals surface area contributed by atoms with Gasteiger partial charge in [0.05, 0.1) is 0 Å². The number of nitrogens with zero attached hydrogens (tertiary/aromatic N) is 1. The Balaban J connectivity index is 0.00000121. The molecule has 38 heavy (non-hydrogen) atoms. The molecule has 0 radical (unpaired) electrons. The van der Waals surface area contributed by atoms with E-state index in [1.54, 1.807) is 0 Å². The van der Waals surface area contributed by atoms with E-state index < -0.39 is 0 Å². The molecule has 0 aliphatic heterocycles. The van der Waals surface area contributed by atoms with Crippen LogP contribution in [0.5, 0.6) is 0 Å². The lowest BCUT2D eigenvalue weighted by molar-refractivity contribution is 0.640. The van der Waals surface area contributed by atoms with Crippen LogP contribution >= 0.6 is 0 Å². The second-order valence-electron chi connectivity index (χ2n) is 9.45. The summed E-state index contributed by atoms with van der Waals surface area (Å²) in [7, 11) is 0. The van der Waals surface area contributed by atoms with E-state index in [0.717, 1.165) is 29.0 Å². The Morgan fingerprint density at radius 1 is 1.11 bits per heavy atom. The average Bonchev–Trinajstić information content (AvgIpc) is 2.95. The predicted octanol–water partition coefficient (Wildman–Crippen LogP) is 8.11. The second-order valence-corrected chi connectivity index (χ2v) is 9.45. The van der Waals surface area contributed by atoms with Gasteiger partial charge in [0.2, 0.25) is 0 Å². The van der Waals surface area contributed by atoms with Crippen LogP contribution in [-0.2, 0) is 19.3 Å². The van der Waals surface area contributed by atoms with Crippen molar-refractivity contribution in [3.05, 3.63) is 117 Å². The standard InChI is InChI=1S/C33H35N.C2H6.C2H4/c1-6-9-28-10-8-11-29-17-14-26(21-33(28)29)20-31-19-25(5)30(22-34-31)16-13-24(4)32-18-23(3)12-15-27(32)7-2;2*1-2/h12-19,21-22,28H,5,7-8,10-11,20H2,1-4H3;1-2H3;1-2H2/b24-13+,30-16-;;. The van der Waals surface area contributed by atoms with Crippen LogP contribution in [0, 0.1) is 18.8 Å². The van der Waals surface area contributed by atoms with Gasteiger partial charge in [-0.15, -0.1) is 19.1 Å². The fraction of sp³-hybridized carbons (Fsp3) is 0.324. The van der Waals surface area contributed by atoms with Gasteiger partial charge >= 0.3 is 0 Å². The lowest BCUT2D eigenvalue weighted by Crippen LogP contribution is -2.24. The summed E-state index contributed by atoms with van der Waals surface area (Å²) in [5.41, 5.74) is 10.5. The highest BCUT2D eigenvalue weighted by Crippen LogP contribution is 2.32. The summed E-state index contributed by atoms with van der Waals surface area (Å²) in [5, 5.41) is 2.08. The van der Waals surface area contributed by atoms with E-state index in [1.165, 1.54) is 58.2 Å². The number of pyridine rings is 1. The van der Waals surface area contributed by atoms with E-state index in [2.05, 4.69) is 107 Å². The minimum Gasteiger partial charge on any atom is -0.260 e. The van der Waals surface area contributed by atoms with E-state index in [4.69, 9.17) is 4.98 Å². The third kappa shape index (κ3) is 7.93. The second kappa shape index (κ2) is 15.6. The van der Waals surface area contributed by atoms with Gasteiger partial charge in [0.1, 0.15) is 0 Å². The fourth-order valence-corrected chi connectivity index (χ4v) is 4.97. The van der Waals surface area contributed by atoms with Crippen molar-refractivity contribution < 1.29 is 0 Å². The number of allylic oxidation sites excluding steroid dienone is 2. The Hall–Kier alpha value is -3.63. The zero-order chi connectivity index (χ0) is 28.1. The van der Waals surface area contributed by atoms with Crippen molar-refractivity contribution in [2.24, 2.45) is 0 Å². The van der Waals surface area contributed by atoms with E-state index in [9.17, 15) is 0 Å². The van der Waals surface area contributed by atoms with Gasteiger partial charge in [0, 0.05) is 24.2 Å². The van der Waals surface area contributed by atoms with Crippen molar-refractivity contribution in [1.82, 2.24) is 4.98 Å². The normalized spacial score (nSPS) is 14.6. The molecule has 1 nitrogen and oxygen atoms in total. The van der Waals surface area contributed by atoms with Crippen LogP contribution in [0.4, 0.5) is 0 Å². The van der Waals surface area contributed by atoms with Crippen LogP contribution in [0.3, 0.4) is 0 Å². The van der Waals surface area contributed by atoms with Crippen LogP contribution in [0.1, 0.15) is 92.5 Å². The molecule has 0 amide bonds. The van der Waals surface area contributed by atoms with Crippen molar-refractivity contribution in [3.63, 3.8) is 0 Å². The van der Waals surface area contributed by atoms with Crippen molar-refractivity contribution >= 4 is 18.2 Å². The summed E-state index contributed by atoms with van der Waals surface area (Å²) in [6.07, 6.45) is 11.7. The summed E-state index contributed by atoms with van der Waals surface area (Å²) >= 11 is 0. The summed E-state index contributed by atoms with van der Waals surface area (Å²) in [6, 6.07) is 15.7. The van der Waals surface area contributed by atoms with Gasteiger partial charge in [-0.2, -0.15) is 0 Å². The molecule has 0 fully saturated rings. The first-order valence-electron chi connectivity index (χ1n) is 13.9. The molecule has 0 N–H and O–H groups in total. The minimum atomic E-state index is 0.374. The van der Waals surface area contributed by atoms with Crippen LogP contribution in [0.2, 0.25) is 0 Å². The molecule has 0 saturated carbocycles. The molecule has 3 aromatic rings. The number of aromatic nitrogens is 1. The lowest BCUT2D eigenvalue weighted by atomic mass is 9.82. The number of benzene rings is 2. The van der Waals surface area contributed by atoms with E-state index in [1.807, 2.05) is 27.0 Å². The Morgan fingerprint density at radius 3 is 2.55 bits per heavy atom. The lowest BCUT2D eigenvalue weighted by Gasteiger charge is -2.22. The maximum absolute atomic E-state index is 4.77. The molecule has 1 atom stereocenters. The molecule has 0 saturated heterocycles. The van der Waals surface area contributed by atoms with Crippen molar-refractivity contribution in [2.75, 3.05) is 0 Å². The molecule has 1 aliphatic carbocycles. The SMILES string of the molecule is C=C.C=c1cc(Cc2ccc3c(c2)C(C#CC)CCC3)nc/c1=C/C=C(\C)c1cc(C)ccc1CC.CC. The maximum atomic E-state index is 4.77. The largest absolute Gasteiger partial charge is 0.260 e. The van der Waals surface area contributed by atoms with Gasteiger partial charge in [-0.05, 0) is 96.3 Å². The molecule has 1 aromatic heterocycles. The number of fused-ring (bicyclic) bond motifs is 1. The molecule has 1 heterocycles. The number of hydrogen-bond acceptors (Lipinski definition) is 1. The molecule has 198 valence electrons. The molecule has 2 aromatic carbocycles. The summed E-state index contributed by atoms with van der Waals surface area (Å²) in [4.78, 5) is 4.77. The van der Waals surface area contributed by atoms with Crippen LogP contribution in [0.15, 0.2) is 67.9 Å². The molecular weight excluding hydrogens is 458 g/mol. The quantitative estimate of drug-likeness (QED) is 0.253. The average molecular weight is 504 g/mol. The fourth-order valence-electron chi connectivity index (χ4n) is 4.97. The van der Waals surface area contributed by atoms with E-state index >= 15 is 0 Å². The first kappa shape index (κ1) is 30.6. The molecule has 1 heteroatoms. The topological polar surface area (TPSA) is 12.9 Å². The molecule has 0 spiro atoms. The number of hydrogen-bond donors (Lipinski definition) is 0. The summed E-state index contributed by atoms with van der Waals surface area (Å²) in [5.74, 6) is 6.90. The Kier molecular flexibility index (Phi) is 12.5. The van der Waals surface area contributed by atoms with Gasteiger partial charge in [0.25, 0.3) is 0 Å². The van der Waals surface area contributed by atoms with E-state index in [-0.39, 0.29) is 0 Å². The van der Waals surface area contributed by atoms with Gasteiger partial charge in [-0.1, -0.05) is 87.4 Å². The van der Waals surface area contributed by atoms with Gasteiger partial charge in [0.15, 0.2) is 0 Å². The van der Waals surface area contributed by atoms with Gasteiger partial charge < -0.3 is 0 Å². The molecule has 1 aliphatic rings. The van der Waals surface area contributed by atoms with Crippen molar-refractivity contribution in [1.29, 1.82) is 0 Å². The highest BCUT2D eigenvalue weighted by Gasteiger charge is 2.18. The first-order chi connectivity index (χ1) is 18.5. The monoisotopic (exact) mass is 503 g/mol. The highest BCUT2D eigenvalue weighted by molar-refractivity contribution is 5.72. The Labute approximate surface area is 231 Å². The molecular formula is C37H45N. The van der Waals surface area contributed by atoms with Crippen LogP contribution < -0.4 is 10.4 Å². The van der Waals surface area contributed by atoms with E-state index in [0.29, 0.717) is 5.92 Å².